The number of oxime groups is 1. The van der Waals surface area contributed by atoms with E-state index in [1.54, 1.807) is 0 Å². The smallest absolute Gasteiger partial charge is 0.332 e. The summed E-state index contributed by atoms with van der Waals surface area (Å²) in [5.41, 5.74) is 0.123. The molecule has 0 aromatic heterocycles. The molecule has 1 aliphatic heterocycles. The fourth-order valence-corrected chi connectivity index (χ4v) is 2.35. The van der Waals surface area contributed by atoms with Crippen LogP contribution >= 0.6 is 0 Å². The van der Waals surface area contributed by atoms with E-state index in [9.17, 15) is 18.4 Å². The van der Waals surface area contributed by atoms with Gasteiger partial charge in [0.05, 0.1) is 24.8 Å². The van der Waals surface area contributed by atoms with Gasteiger partial charge in [-0.3, -0.25) is 4.79 Å². The van der Waals surface area contributed by atoms with Crippen molar-refractivity contribution < 1.29 is 33.1 Å². The quantitative estimate of drug-likeness (QED) is 0.595. The Labute approximate surface area is 136 Å². The largest absolute Gasteiger partial charge is 0.479 e. The van der Waals surface area contributed by atoms with Crippen LogP contribution in [0.25, 0.3) is 0 Å². The summed E-state index contributed by atoms with van der Waals surface area (Å²) in [6.45, 7) is 0.0774. The van der Waals surface area contributed by atoms with Crippen molar-refractivity contribution >= 4 is 17.6 Å². The molecule has 0 bridgehead atoms. The number of carboxylic acids is 1. The van der Waals surface area contributed by atoms with Crippen molar-refractivity contribution in [1.29, 1.82) is 0 Å². The first-order valence-electron chi connectivity index (χ1n) is 7.09. The third-order valence-corrected chi connectivity index (χ3v) is 3.36. The monoisotopic (exact) mass is 342 g/mol. The van der Waals surface area contributed by atoms with E-state index in [2.05, 4.69) is 15.3 Å². The van der Waals surface area contributed by atoms with E-state index in [1.165, 1.54) is 7.11 Å². The first kappa shape index (κ1) is 17.8. The van der Waals surface area contributed by atoms with Crippen molar-refractivity contribution in [2.75, 3.05) is 13.7 Å². The number of nitrogens with one attached hydrogen (secondary N) is 1. The molecule has 1 heterocycles. The van der Waals surface area contributed by atoms with Crippen molar-refractivity contribution in [3.63, 3.8) is 0 Å². The Hall–Kier alpha value is -2.55. The molecule has 7 nitrogen and oxygen atoms in total. The van der Waals surface area contributed by atoms with Crippen LogP contribution in [0.1, 0.15) is 18.4 Å². The molecule has 1 aromatic carbocycles. The molecule has 1 amide bonds. The van der Waals surface area contributed by atoms with E-state index >= 15 is 0 Å². The van der Waals surface area contributed by atoms with Crippen molar-refractivity contribution in [2.24, 2.45) is 5.16 Å². The number of amides is 1. The SMILES string of the molecule is CO/N=C(\CC(=O)NC1COC(C(=O)O)C1)c1cc(F)cc(F)c1. The predicted molar refractivity (Wildman–Crippen MR) is 78.4 cm³/mol. The zero-order valence-electron chi connectivity index (χ0n) is 12.8. The van der Waals surface area contributed by atoms with Gasteiger partial charge < -0.3 is 20.0 Å². The molecular formula is C15H16F2N2O5. The minimum absolute atomic E-state index is 0.0436. The van der Waals surface area contributed by atoms with Crippen LogP contribution in [0.15, 0.2) is 23.4 Å². The summed E-state index contributed by atoms with van der Waals surface area (Å²) in [6.07, 6.45) is -1.10. The molecule has 0 saturated carbocycles. The standard InChI is InChI=1S/C15H16F2N2O5/c1-23-19-12(8-2-9(16)4-10(17)3-8)6-14(20)18-11-5-13(15(21)22)24-7-11/h2-4,11,13H,5-7H2,1H3,(H,18,20)(H,21,22)/b19-12+. The Balaban J connectivity index is 2.02. The highest BCUT2D eigenvalue weighted by Crippen LogP contribution is 2.15. The molecule has 1 saturated heterocycles. The molecule has 130 valence electrons. The molecule has 1 aromatic rings. The molecule has 1 aliphatic rings. The third-order valence-electron chi connectivity index (χ3n) is 3.36. The minimum atomic E-state index is -1.09. The summed E-state index contributed by atoms with van der Waals surface area (Å²) in [4.78, 5) is 27.5. The summed E-state index contributed by atoms with van der Waals surface area (Å²) in [5, 5.41) is 15.1. The summed E-state index contributed by atoms with van der Waals surface area (Å²) >= 11 is 0. The topological polar surface area (TPSA) is 97.2 Å². The average molecular weight is 342 g/mol. The number of hydrogen-bond acceptors (Lipinski definition) is 5. The second-order valence-corrected chi connectivity index (χ2v) is 5.22. The highest BCUT2D eigenvalue weighted by atomic mass is 19.1. The van der Waals surface area contributed by atoms with Crippen LogP contribution < -0.4 is 5.32 Å². The number of ether oxygens (including phenoxy) is 1. The van der Waals surface area contributed by atoms with Crippen molar-refractivity contribution in [1.82, 2.24) is 5.32 Å². The number of benzene rings is 1. The maximum atomic E-state index is 13.3. The zero-order valence-corrected chi connectivity index (χ0v) is 12.8. The van der Waals surface area contributed by atoms with Gasteiger partial charge in [-0.2, -0.15) is 0 Å². The maximum absolute atomic E-state index is 13.3. The van der Waals surface area contributed by atoms with E-state index < -0.39 is 35.7 Å². The van der Waals surface area contributed by atoms with Crippen LogP contribution in [-0.4, -0.2) is 48.6 Å². The van der Waals surface area contributed by atoms with Gasteiger partial charge in [0.15, 0.2) is 6.10 Å². The Morgan fingerprint density at radius 2 is 2.04 bits per heavy atom. The molecule has 0 aliphatic carbocycles. The average Bonchev–Trinajstić information content (AvgIpc) is 2.94. The van der Waals surface area contributed by atoms with Gasteiger partial charge in [0.1, 0.15) is 18.7 Å². The number of rotatable bonds is 6. The van der Waals surface area contributed by atoms with E-state index in [0.29, 0.717) is 6.07 Å². The number of carbonyl (C=O) groups excluding carboxylic acids is 1. The van der Waals surface area contributed by atoms with Gasteiger partial charge in [-0.05, 0) is 12.1 Å². The van der Waals surface area contributed by atoms with E-state index in [-0.39, 0.29) is 30.7 Å². The third kappa shape index (κ3) is 4.72. The van der Waals surface area contributed by atoms with Gasteiger partial charge in [0.25, 0.3) is 0 Å². The van der Waals surface area contributed by atoms with Crippen LogP contribution in [0.4, 0.5) is 8.78 Å². The second-order valence-electron chi connectivity index (χ2n) is 5.22. The second kappa shape index (κ2) is 7.82. The number of carbonyl (C=O) groups is 2. The summed E-state index contributed by atoms with van der Waals surface area (Å²) in [5.74, 6) is -3.19. The lowest BCUT2D eigenvalue weighted by atomic mass is 10.1. The summed E-state index contributed by atoms with van der Waals surface area (Å²) in [7, 11) is 1.25. The lowest BCUT2D eigenvalue weighted by Crippen LogP contribution is -2.36. The van der Waals surface area contributed by atoms with Gasteiger partial charge in [-0.15, -0.1) is 0 Å². The number of carboxylic acid groups (broad SMARTS) is 1. The molecule has 0 radical (unpaired) electrons. The van der Waals surface area contributed by atoms with Gasteiger partial charge >= 0.3 is 5.97 Å². The van der Waals surface area contributed by atoms with Gasteiger partial charge in [-0.25, -0.2) is 13.6 Å². The van der Waals surface area contributed by atoms with Crippen molar-refractivity contribution in [2.45, 2.75) is 25.0 Å². The summed E-state index contributed by atoms with van der Waals surface area (Å²) in [6, 6.07) is 2.32. The maximum Gasteiger partial charge on any atom is 0.332 e. The Morgan fingerprint density at radius 1 is 1.38 bits per heavy atom. The highest BCUT2D eigenvalue weighted by molar-refractivity contribution is 6.10. The van der Waals surface area contributed by atoms with Gasteiger partial charge in [-0.1, -0.05) is 5.16 Å². The Kier molecular flexibility index (Phi) is 5.80. The molecule has 0 spiro atoms. The van der Waals surface area contributed by atoms with Gasteiger partial charge in [0.2, 0.25) is 5.91 Å². The Bertz CT molecular complexity index is 645. The van der Waals surface area contributed by atoms with Gasteiger partial charge in [0, 0.05) is 18.1 Å². The molecule has 2 unspecified atom stereocenters. The molecule has 2 N–H and O–H groups in total. The molecular weight excluding hydrogens is 326 g/mol. The number of nitrogens with zero attached hydrogens (tertiary/aromatic N) is 1. The minimum Gasteiger partial charge on any atom is -0.479 e. The van der Waals surface area contributed by atoms with Crippen LogP contribution in [-0.2, 0) is 19.2 Å². The summed E-state index contributed by atoms with van der Waals surface area (Å²) < 4.78 is 31.6. The number of aliphatic carboxylic acids is 1. The molecule has 2 atom stereocenters. The van der Waals surface area contributed by atoms with Crippen molar-refractivity contribution in [3.05, 3.63) is 35.4 Å². The van der Waals surface area contributed by atoms with Crippen LogP contribution in [0.2, 0.25) is 0 Å². The Morgan fingerprint density at radius 3 is 2.58 bits per heavy atom. The lowest BCUT2D eigenvalue weighted by Gasteiger charge is -2.12. The normalized spacial score (nSPS) is 20.7. The van der Waals surface area contributed by atoms with Crippen LogP contribution in [0, 0.1) is 11.6 Å². The molecule has 1 fully saturated rings. The number of hydrogen-bond donors (Lipinski definition) is 2. The first-order valence-corrected chi connectivity index (χ1v) is 7.09. The van der Waals surface area contributed by atoms with E-state index in [1.807, 2.05) is 0 Å². The van der Waals surface area contributed by atoms with Crippen molar-refractivity contribution in [3.8, 4) is 0 Å². The molecule has 24 heavy (non-hydrogen) atoms. The van der Waals surface area contributed by atoms with E-state index in [4.69, 9.17) is 9.84 Å². The molecule has 2 rings (SSSR count). The fraction of sp³-hybridized carbons (Fsp3) is 0.400. The lowest BCUT2D eigenvalue weighted by molar-refractivity contribution is -0.147. The fourth-order valence-electron chi connectivity index (χ4n) is 2.35. The highest BCUT2D eigenvalue weighted by Gasteiger charge is 2.31. The zero-order chi connectivity index (χ0) is 17.7. The first-order chi connectivity index (χ1) is 11.4. The van der Waals surface area contributed by atoms with Crippen LogP contribution in [0.5, 0.6) is 0 Å². The number of halogens is 2. The van der Waals surface area contributed by atoms with Crippen LogP contribution in [0.3, 0.4) is 0 Å². The molecule has 9 heteroatoms. The van der Waals surface area contributed by atoms with E-state index in [0.717, 1.165) is 12.1 Å². The predicted octanol–water partition coefficient (Wildman–Crippen LogP) is 1.06.